The van der Waals surface area contributed by atoms with Gasteiger partial charge in [-0.1, -0.05) is 30.3 Å². The van der Waals surface area contributed by atoms with Gasteiger partial charge in [0.05, 0.1) is 18.6 Å². The van der Waals surface area contributed by atoms with Crippen LogP contribution in [0.5, 0.6) is 0 Å². The summed E-state index contributed by atoms with van der Waals surface area (Å²) in [5, 5.41) is 2.59. The maximum atomic E-state index is 13.9. The van der Waals surface area contributed by atoms with Crippen molar-refractivity contribution in [3.8, 4) is 0 Å². The number of rotatable bonds is 8. The number of nitrogens with one attached hydrogen (secondary N) is 1. The number of likely N-dealkylation sites (tertiary alicyclic amines) is 1. The summed E-state index contributed by atoms with van der Waals surface area (Å²) in [6.07, 6.45) is -0.409. The zero-order valence-electron chi connectivity index (χ0n) is 17.4. The van der Waals surface area contributed by atoms with Crippen molar-refractivity contribution in [1.29, 1.82) is 0 Å². The molecule has 0 radical (unpaired) electrons. The molecule has 6 nitrogen and oxygen atoms in total. The highest BCUT2D eigenvalue weighted by molar-refractivity contribution is 6.10. The first-order chi connectivity index (χ1) is 14.8. The molecule has 31 heavy (non-hydrogen) atoms. The Morgan fingerprint density at radius 2 is 1.94 bits per heavy atom. The van der Waals surface area contributed by atoms with Crippen LogP contribution in [-0.2, 0) is 31.1 Å². The van der Waals surface area contributed by atoms with Crippen LogP contribution in [0.25, 0.3) is 0 Å². The number of hydrogen-bond acceptors (Lipinski definition) is 4. The lowest BCUT2D eigenvalue weighted by atomic mass is 9.74. The van der Waals surface area contributed by atoms with E-state index in [0.717, 1.165) is 22.6 Å². The molecule has 0 bridgehead atoms. The molecule has 1 aliphatic heterocycles. The van der Waals surface area contributed by atoms with Crippen molar-refractivity contribution < 1.29 is 27.9 Å². The van der Waals surface area contributed by atoms with Gasteiger partial charge >= 0.3 is 0 Å². The van der Waals surface area contributed by atoms with Crippen molar-refractivity contribution in [2.45, 2.75) is 31.7 Å². The number of benzene rings is 2. The number of carbonyl (C=O) groups excluding carboxylic acids is 3. The third-order valence-corrected chi connectivity index (χ3v) is 5.54. The lowest BCUT2D eigenvalue weighted by molar-refractivity contribution is -0.141. The van der Waals surface area contributed by atoms with E-state index in [1.807, 2.05) is 19.1 Å². The van der Waals surface area contributed by atoms with Crippen LogP contribution in [-0.4, -0.2) is 42.9 Å². The van der Waals surface area contributed by atoms with E-state index in [4.69, 9.17) is 4.74 Å². The highest BCUT2D eigenvalue weighted by Crippen LogP contribution is 2.41. The van der Waals surface area contributed by atoms with Crippen LogP contribution in [0.3, 0.4) is 0 Å². The van der Waals surface area contributed by atoms with Crippen molar-refractivity contribution in [2.75, 3.05) is 20.3 Å². The molecule has 2 aromatic carbocycles. The summed E-state index contributed by atoms with van der Waals surface area (Å²) in [5.74, 6) is -2.82. The minimum Gasteiger partial charge on any atom is -0.383 e. The maximum absolute atomic E-state index is 13.9. The molecule has 3 amide bonds. The first kappa shape index (κ1) is 22.6. The second-order valence-electron chi connectivity index (χ2n) is 7.61. The zero-order chi connectivity index (χ0) is 22.6. The van der Waals surface area contributed by atoms with Crippen molar-refractivity contribution in [2.24, 2.45) is 0 Å². The Labute approximate surface area is 179 Å². The lowest BCUT2D eigenvalue weighted by Crippen LogP contribution is -2.43. The number of amides is 3. The fourth-order valence-corrected chi connectivity index (χ4v) is 3.96. The number of hydrogen-bond donors (Lipinski definition) is 1. The summed E-state index contributed by atoms with van der Waals surface area (Å²) < 4.78 is 32.0. The minimum absolute atomic E-state index is 0.101. The second-order valence-corrected chi connectivity index (χ2v) is 7.61. The summed E-state index contributed by atoms with van der Waals surface area (Å²) in [5.41, 5.74) is 0.169. The van der Waals surface area contributed by atoms with Gasteiger partial charge in [0.25, 0.3) is 0 Å². The molecule has 1 fully saturated rings. The van der Waals surface area contributed by atoms with Gasteiger partial charge < -0.3 is 10.1 Å². The standard InChI is InChI=1S/C23H24F2N2O4/c1-15-5-3-4-6-18(15)23(13-21(29)27(22(23)30)9-10-31-2)12-20(28)26-14-16-7-8-17(24)11-19(16)25/h3-8,11H,9-10,12-14H2,1-2H3,(H,26,28)/t23-/m0/s1. The number of imide groups is 1. The Morgan fingerprint density at radius 3 is 2.61 bits per heavy atom. The van der Waals surface area contributed by atoms with Gasteiger partial charge in [-0.2, -0.15) is 0 Å². The molecule has 1 saturated heterocycles. The van der Waals surface area contributed by atoms with E-state index >= 15 is 0 Å². The predicted octanol–water partition coefficient (Wildman–Crippen LogP) is 2.62. The number of ether oxygens (including phenoxy) is 1. The van der Waals surface area contributed by atoms with Crippen LogP contribution in [0, 0.1) is 18.6 Å². The fraction of sp³-hybridized carbons (Fsp3) is 0.348. The molecule has 0 spiro atoms. The number of aryl methyl sites for hydroxylation is 1. The minimum atomic E-state index is -1.35. The Balaban J connectivity index is 1.86. The predicted molar refractivity (Wildman–Crippen MR) is 109 cm³/mol. The smallest absolute Gasteiger partial charge is 0.240 e. The van der Waals surface area contributed by atoms with Crippen LogP contribution < -0.4 is 5.32 Å². The molecule has 1 aliphatic rings. The Morgan fingerprint density at radius 1 is 1.19 bits per heavy atom. The molecule has 0 aliphatic carbocycles. The van der Waals surface area contributed by atoms with E-state index < -0.39 is 28.9 Å². The Hall–Kier alpha value is -3.13. The topological polar surface area (TPSA) is 75.7 Å². The summed E-state index contributed by atoms with van der Waals surface area (Å²) in [4.78, 5) is 40.0. The zero-order valence-corrected chi connectivity index (χ0v) is 17.4. The van der Waals surface area contributed by atoms with Crippen molar-refractivity contribution in [3.05, 3.63) is 70.8 Å². The molecular weight excluding hydrogens is 406 g/mol. The van der Waals surface area contributed by atoms with Gasteiger partial charge in [0.2, 0.25) is 17.7 Å². The average molecular weight is 430 g/mol. The molecule has 1 heterocycles. The first-order valence-corrected chi connectivity index (χ1v) is 9.89. The third-order valence-electron chi connectivity index (χ3n) is 5.54. The van der Waals surface area contributed by atoms with E-state index in [1.165, 1.54) is 13.2 Å². The highest BCUT2D eigenvalue weighted by atomic mass is 19.1. The number of methoxy groups -OCH3 is 1. The Kier molecular flexibility index (Phi) is 6.80. The number of halogens is 2. The molecule has 8 heteroatoms. The van der Waals surface area contributed by atoms with Crippen molar-refractivity contribution in [3.63, 3.8) is 0 Å². The van der Waals surface area contributed by atoms with Crippen molar-refractivity contribution in [1.82, 2.24) is 10.2 Å². The van der Waals surface area contributed by atoms with Gasteiger partial charge in [-0.25, -0.2) is 8.78 Å². The monoisotopic (exact) mass is 430 g/mol. The quantitative estimate of drug-likeness (QED) is 0.654. The molecule has 1 atom stereocenters. The summed E-state index contributed by atoms with van der Waals surface area (Å²) >= 11 is 0. The molecule has 0 aromatic heterocycles. The Bertz CT molecular complexity index is 1010. The summed E-state index contributed by atoms with van der Waals surface area (Å²) in [7, 11) is 1.47. The van der Waals surface area contributed by atoms with E-state index in [9.17, 15) is 23.2 Å². The molecule has 1 N–H and O–H groups in total. The normalized spacial score (nSPS) is 18.5. The summed E-state index contributed by atoms with van der Waals surface area (Å²) in [6.45, 7) is 1.95. The van der Waals surface area contributed by atoms with Gasteiger partial charge in [0, 0.05) is 38.1 Å². The van der Waals surface area contributed by atoms with Gasteiger partial charge in [0.15, 0.2) is 0 Å². The van der Waals surface area contributed by atoms with Gasteiger partial charge in [0.1, 0.15) is 11.6 Å². The summed E-state index contributed by atoms with van der Waals surface area (Å²) in [6, 6.07) is 10.2. The lowest BCUT2D eigenvalue weighted by Gasteiger charge is -2.28. The van der Waals surface area contributed by atoms with Gasteiger partial charge in [-0.05, 0) is 24.1 Å². The van der Waals surface area contributed by atoms with Crippen LogP contribution in [0.2, 0.25) is 0 Å². The van der Waals surface area contributed by atoms with Crippen molar-refractivity contribution >= 4 is 17.7 Å². The van der Waals surface area contributed by atoms with Crippen LogP contribution in [0.1, 0.15) is 29.5 Å². The molecule has 3 rings (SSSR count). The SMILES string of the molecule is COCCN1C(=O)C[C@@](CC(=O)NCc2ccc(F)cc2F)(c2ccccc2C)C1=O. The second kappa shape index (κ2) is 9.34. The maximum Gasteiger partial charge on any atom is 0.240 e. The van der Waals surface area contributed by atoms with E-state index in [0.29, 0.717) is 5.56 Å². The molecule has 0 unspecified atom stereocenters. The highest BCUT2D eigenvalue weighted by Gasteiger charge is 2.54. The number of carbonyl (C=O) groups is 3. The van der Waals surface area contributed by atoms with Gasteiger partial charge in [-0.3, -0.25) is 19.3 Å². The van der Waals surface area contributed by atoms with Crippen LogP contribution in [0.15, 0.2) is 42.5 Å². The van der Waals surface area contributed by atoms with E-state index in [-0.39, 0.29) is 44.0 Å². The molecular formula is C23H24F2N2O4. The molecule has 164 valence electrons. The van der Waals surface area contributed by atoms with Crippen LogP contribution in [0.4, 0.5) is 8.78 Å². The van der Waals surface area contributed by atoms with Gasteiger partial charge in [-0.15, -0.1) is 0 Å². The third kappa shape index (κ3) is 4.64. The number of nitrogens with zero attached hydrogens (tertiary/aromatic N) is 1. The van der Waals surface area contributed by atoms with E-state index in [1.54, 1.807) is 12.1 Å². The first-order valence-electron chi connectivity index (χ1n) is 9.89. The largest absolute Gasteiger partial charge is 0.383 e. The average Bonchev–Trinajstić information content (AvgIpc) is 2.96. The van der Waals surface area contributed by atoms with E-state index in [2.05, 4.69) is 5.32 Å². The fourth-order valence-electron chi connectivity index (χ4n) is 3.96. The van der Waals surface area contributed by atoms with Crippen LogP contribution >= 0.6 is 0 Å². The molecule has 0 saturated carbocycles. The molecule has 2 aromatic rings.